The van der Waals surface area contributed by atoms with Crippen LogP contribution < -0.4 is 14.8 Å². The van der Waals surface area contributed by atoms with Crippen LogP contribution in [0.3, 0.4) is 0 Å². The topological polar surface area (TPSA) is 80.1 Å². The average molecular weight is 437 g/mol. The van der Waals surface area contributed by atoms with Gasteiger partial charge in [0, 0.05) is 45.0 Å². The monoisotopic (exact) mass is 436 g/mol. The van der Waals surface area contributed by atoms with Crippen LogP contribution in [-0.2, 0) is 13.1 Å². The Labute approximate surface area is 187 Å². The molecule has 3 aromatic rings. The molecule has 1 N–H and O–H groups in total. The first-order valence-corrected chi connectivity index (χ1v) is 10.8. The zero-order valence-electron chi connectivity index (χ0n) is 18.2. The molecule has 32 heavy (non-hydrogen) atoms. The van der Waals surface area contributed by atoms with Crippen molar-refractivity contribution in [2.24, 2.45) is 0 Å². The van der Waals surface area contributed by atoms with Gasteiger partial charge in [-0.1, -0.05) is 0 Å². The normalized spacial score (nSPS) is 14.2. The van der Waals surface area contributed by atoms with Gasteiger partial charge < -0.3 is 24.1 Å². The maximum Gasteiger partial charge on any atom is 0.317 e. The van der Waals surface area contributed by atoms with Gasteiger partial charge in [0.05, 0.1) is 19.4 Å². The number of nitrogens with one attached hydrogen (secondary N) is 1. The molecular formula is C24H28N4O4. The molecule has 0 aliphatic carbocycles. The lowest BCUT2D eigenvalue weighted by atomic mass is 10.2. The molecule has 1 saturated heterocycles. The second-order valence-electron chi connectivity index (χ2n) is 7.51. The Kier molecular flexibility index (Phi) is 7.24. The van der Waals surface area contributed by atoms with E-state index < -0.39 is 0 Å². The van der Waals surface area contributed by atoms with Gasteiger partial charge in [-0.15, -0.1) is 0 Å². The van der Waals surface area contributed by atoms with Crippen LogP contribution in [0, 0.1) is 0 Å². The Bertz CT molecular complexity index is 983. The van der Waals surface area contributed by atoms with Crippen LogP contribution in [0.25, 0.3) is 0 Å². The molecule has 0 radical (unpaired) electrons. The quantitative estimate of drug-likeness (QED) is 0.577. The van der Waals surface area contributed by atoms with Crippen molar-refractivity contribution < 1.29 is 18.7 Å². The number of benzene rings is 1. The van der Waals surface area contributed by atoms with E-state index in [9.17, 15) is 4.79 Å². The molecule has 1 aromatic carbocycles. The van der Waals surface area contributed by atoms with Gasteiger partial charge in [0.1, 0.15) is 17.3 Å². The summed E-state index contributed by atoms with van der Waals surface area (Å²) in [7, 11) is 0. The number of rotatable bonds is 8. The van der Waals surface area contributed by atoms with Crippen molar-refractivity contribution in [1.82, 2.24) is 20.1 Å². The zero-order chi connectivity index (χ0) is 22.2. The van der Waals surface area contributed by atoms with Gasteiger partial charge in [-0.25, -0.2) is 9.78 Å². The standard InChI is InChI=1S/C24H28N4O4/c1-2-30-20-5-7-21(8-6-20)32-23-16-19(9-10-25-23)17-26-24(29)28-13-11-27(12-14-28)18-22-4-3-15-31-22/h3-10,15-16H,2,11-14,17-18H2,1H3,(H,26,29). The van der Waals surface area contributed by atoms with E-state index in [1.807, 2.05) is 60.4 Å². The van der Waals surface area contributed by atoms with E-state index in [1.54, 1.807) is 12.5 Å². The van der Waals surface area contributed by atoms with Crippen LogP contribution in [0.2, 0.25) is 0 Å². The molecule has 1 aliphatic heterocycles. The average Bonchev–Trinajstić information content (AvgIpc) is 3.33. The lowest BCUT2D eigenvalue weighted by molar-refractivity contribution is 0.130. The zero-order valence-corrected chi connectivity index (χ0v) is 18.2. The van der Waals surface area contributed by atoms with Crippen molar-refractivity contribution in [3.05, 3.63) is 72.3 Å². The van der Waals surface area contributed by atoms with Gasteiger partial charge >= 0.3 is 6.03 Å². The van der Waals surface area contributed by atoms with Gasteiger partial charge in [-0.3, -0.25) is 4.90 Å². The number of amides is 2. The number of furan rings is 1. The third-order valence-corrected chi connectivity index (χ3v) is 5.22. The van der Waals surface area contributed by atoms with Crippen molar-refractivity contribution in [2.75, 3.05) is 32.8 Å². The number of urea groups is 1. The van der Waals surface area contributed by atoms with Gasteiger partial charge in [0.15, 0.2) is 0 Å². The number of pyridine rings is 1. The Hall–Kier alpha value is -3.52. The summed E-state index contributed by atoms with van der Waals surface area (Å²) in [6, 6.07) is 14.9. The van der Waals surface area contributed by atoms with E-state index in [2.05, 4.69) is 15.2 Å². The van der Waals surface area contributed by atoms with Crippen molar-refractivity contribution >= 4 is 6.03 Å². The highest BCUT2D eigenvalue weighted by Crippen LogP contribution is 2.23. The molecule has 0 atom stereocenters. The fourth-order valence-corrected chi connectivity index (χ4v) is 3.53. The van der Waals surface area contributed by atoms with Gasteiger partial charge in [0.2, 0.25) is 5.88 Å². The second kappa shape index (κ2) is 10.7. The summed E-state index contributed by atoms with van der Waals surface area (Å²) >= 11 is 0. The third-order valence-electron chi connectivity index (χ3n) is 5.22. The first-order chi connectivity index (χ1) is 15.7. The van der Waals surface area contributed by atoms with Crippen molar-refractivity contribution in [2.45, 2.75) is 20.0 Å². The summed E-state index contributed by atoms with van der Waals surface area (Å²) in [6.45, 7) is 6.78. The number of carbonyl (C=O) groups is 1. The molecule has 3 heterocycles. The number of hydrogen-bond acceptors (Lipinski definition) is 6. The molecule has 1 fully saturated rings. The summed E-state index contributed by atoms with van der Waals surface area (Å²) < 4.78 is 16.7. The molecule has 4 rings (SSSR count). The molecule has 0 spiro atoms. The molecule has 8 heteroatoms. The Morgan fingerprint density at radius 1 is 1.09 bits per heavy atom. The van der Waals surface area contributed by atoms with Crippen molar-refractivity contribution in [3.8, 4) is 17.4 Å². The highest BCUT2D eigenvalue weighted by Gasteiger charge is 2.21. The Morgan fingerprint density at radius 3 is 2.59 bits per heavy atom. The highest BCUT2D eigenvalue weighted by atomic mass is 16.5. The third kappa shape index (κ3) is 6.01. The van der Waals surface area contributed by atoms with Crippen LogP contribution in [-0.4, -0.2) is 53.6 Å². The fourth-order valence-electron chi connectivity index (χ4n) is 3.53. The molecular weight excluding hydrogens is 408 g/mol. The number of carbonyl (C=O) groups excluding carboxylic acids is 1. The maximum absolute atomic E-state index is 12.6. The summed E-state index contributed by atoms with van der Waals surface area (Å²) in [5.74, 6) is 2.90. The van der Waals surface area contributed by atoms with E-state index in [1.165, 1.54) is 0 Å². The fraction of sp³-hybridized carbons (Fsp3) is 0.333. The Morgan fingerprint density at radius 2 is 1.88 bits per heavy atom. The maximum atomic E-state index is 12.6. The smallest absolute Gasteiger partial charge is 0.317 e. The first kappa shape index (κ1) is 21.7. The van der Waals surface area contributed by atoms with Crippen LogP contribution in [0.1, 0.15) is 18.2 Å². The lowest BCUT2D eigenvalue weighted by Crippen LogP contribution is -2.51. The number of aromatic nitrogens is 1. The number of hydrogen-bond donors (Lipinski definition) is 1. The highest BCUT2D eigenvalue weighted by molar-refractivity contribution is 5.74. The molecule has 0 unspecified atom stereocenters. The molecule has 168 valence electrons. The largest absolute Gasteiger partial charge is 0.494 e. The molecule has 1 aliphatic rings. The molecule has 0 saturated carbocycles. The minimum atomic E-state index is -0.0616. The molecule has 0 bridgehead atoms. The first-order valence-electron chi connectivity index (χ1n) is 10.8. The Balaban J connectivity index is 1.23. The van der Waals surface area contributed by atoms with E-state index in [0.29, 0.717) is 37.9 Å². The van der Waals surface area contributed by atoms with Gasteiger partial charge in [-0.05, 0) is 55.0 Å². The van der Waals surface area contributed by atoms with Gasteiger partial charge in [-0.2, -0.15) is 0 Å². The minimum Gasteiger partial charge on any atom is -0.494 e. The van der Waals surface area contributed by atoms with Crippen LogP contribution in [0.15, 0.2) is 65.4 Å². The number of ether oxygens (including phenoxy) is 2. The molecule has 2 amide bonds. The lowest BCUT2D eigenvalue weighted by Gasteiger charge is -2.34. The summed E-state index contributed by atoms with van der Waals surface area (Å²) in [5.41, 5.74) is 0.922. The minimum absolute atomic E-state index is 0.0616. The second-order valence-corrected chi connectivity index (χ2v) is 7.51. The van der Waals surface area contributed by atoms with Crippen molar-refractivity contribution in [1.29, 1.82) is 0 Å². The summed E-state index contributed by atoms with van der Waals surface area (Å²) in [4.78, 5) is 21.0. The van der Waals surface area contributed by atoms with E-state index >= 15 is 0 Å². The van der Waals surface area contributed by atoms with Gasteiger partial charge in [0.25, 0.3) is 0 Å². The summed E-state index contributed by atoms with van der Waals surface area (Å²) in [6.07, 6.45) is 3.37. The summed E-state index contributed by atoms with van der Waals surface area (Å²) in [5, 5.41) is 2.99. The SMILES string of the molecule is CCOc1ccc(Oc2cc(CNC(=O)N3CCN(Cc4ccco4)CC3)ccn2)cc1. The molecule has 2 aromatic heterocycles. The van der Waals surface area contributed by atoms with E-state index in [0.717, 1.165) is 36.7 Å². The predicted molar refractivity (Wildman–Crippen MR) is 120 cm³/mol. The molecule has 8 nitrogen and oxygen atoms in total. The number of piperazine rings is 1. The van der Waals surface area contributed by atoms with E-state index in [4.69, 9.17) is 13.9 Å². The van der Waals surface area contributed by atoms with Crippen LogP contribution in [0.5, 0.6) is 17.4 Å². The van der Waals surface area contributed by atoms with Crippen LogP contribution in [0.4, 0.5) is 4.79 Å². The predicted octanol–water partition coefficient (Wildman–Crippen LogP) is 3.89. The van der Waals surface area contributed by atoms with Crippen LogP contribution >= 0.6 is 0 Å². The van der Waals surface area contributed by atoms with Crippen molar-refractivity contribution in [3.63, 3.8) is 0 Å². The van der Waals surface area contributed by atoms with E-state index in [-0.39, 0.29) is 6.03 Å². The number of nitrogens with zero attached hydrogens (tertiary/aromatic N) is 3.